The minimum atomic E-state index is -2.62. The van der Waals surface area contributed by atoms with Gasteiger partial charge in [-0.25, -0.2) is 4.98 Å². The van der Waals surface area contributed by atoms with Crippen molar-refractivity contribution in [2.45, 2.75) is 26.4 Å². The third-order valence-corrected chi connectivity index (χ3v) is 2.99. The van der Waals surface area contributed by atoms with Crippen LogP contribution < -0.4 is 5.32 Å². The number of carbonyl (C=O) groups excluding carboxylic acids is 1. The minimum Gasteiger partial charge on any atom is -0.360 e. The number of anilines is 1. The highest BCUT2D eigenvalue weighted by molar-refractivity contribution is 5.89. The predicted molar refractivity (Wildman–Crippen MR) is 74.3 cm³/mol. The fourth-order valence-electron chi connectivity index (χ4n) is 1.89. The third kappa shape index (κ3) is 4.35. The molecular weight excluding hydrogens is 296 g/mol. The third-order valence-electron chi connectivity index (χ3n) is 2.99. The van der Waals surface area contributed by atoms with Gasteiger partial charge in [-0.1, -0.05) is 5.16 Å². The van der Waals surface area contributed by atoms with E-state index in [0.29, 0.717) is 18.1 Å². The summed E-state index contributed by atoms with van der Waals surface area (Å²) < 4.78 is 31.0. The van der Waals surface area contributed by atoms with E-state index >= 15 is 0 Å². The van der Waals surface area contributed by atoms with Crippen LogP contribution in [0.4, 0.5) is 14.6 Å². The highest BCUT2D eigenvalue weighted by Gasteiger charge is 2.14. The van der Waals surface area contributed by atoms with E-state index in [-0.39, 0.29) is 24.7 Å². The summed E-state index contributed by atoms with van der Waals surface area (Å²) in [6.07, 6.45) is 2.76. The number of carbonyl (C=O) groups is 1. The second kappa shape index (κ2) is 7.12. The molecule has 0 saturated heterocycles. The maximum absolute atomic E-state index is 12.7. The van der Waals surface area contributed by atoms with Crippen LogP contribution >= 0.6 is 0 Å². The summed E-state index contributed by atoms with van der Waals surface area (Å²) in [6, 6.07) is 1.61. The van der Waals surface area contributed by atoms with Crippen molar-refractivity contribution in [2.24, 2.45) is 0 Å². The zero-order valence-corrected chi connectivity index (χ0v) is 12.3. The highest BCUT2D eigenvalue weighted by Crippen LogP contribution is 2.13. The molecule has 2 aromatic heterocycles. The number of aromatic nitrogens is 3. The number of imidazole rings is 1. The fourth-order valence-corrected chi connectivity index (χ4v) is 1.89. The number of alkyl halides is 2. The number of hydrogen-bond donors (Lipinski definition) is 1. The van der Waals surface area contributed by atoms with Crippen LogP contribution in [0.3, 0.4) is 0 Å². The summed E-state index contributed by atoms with van der Waals surface area (Å²) in [4.78, 5) is 17.4. The van der Waals surface area contributed by atoms with Crippen LogP contribution in [0, 0.1) is 6.92 Å². The second-order valence-electron chi connectivity index (χ2n) is 4.89. The van der Waals surface area contributed by atoms with Crippen LogP contribution in [0.2, 0.25) is 0 Å². The molecule has 2 aromatic rings. The Morgan fingerprint density at radius 3 is 2.95 bits per heavy atom. The van der Waals surface area contributed by atoms with Crippen molar-refractivity contribution in [2.75, 3.05) is 18.9 Å². The average Bonchev–Trinajstić information content (AvgIpc) is 3.06. The Hall–Kier alpha value is -2.29. The van der Waals surface area contributed by atoms with Gasteiger partial charge in [0.2, 0.25) is 5.91 Å². The molecular formula is C13H17F2N5O2. The number of rotatable bonds is 7. The lowest BCUT2D eigenvalue weighted by molar-refractivity contribution is -0.116. The van der Waals surface area contributed by atoms with Gasteiger partial charge in [-0.05, 0) is 14.0 Å². The maximum Gasteiger partial charge on any atom is 0.319 e. The maximum atomic E-state index is 12.7. The molecule has 2 heterocycles. The number of amides is 1. The largest absolute Gasteiger partial charge is 0.360 e. The first-order valence-electron chi connectivity index (χ1n) is 6.67. The summed E-state index contributed by atoms with van der Waals surface area (Å²) in [7, 11) is 1.73. The SMILES string of the molecule is Cc1cc(NC(=O)CCN(C)Cc2nccn2C(F)F)no1. The Bertz CT molecular complexity index is 625. The van der Waals surface area contributed by atoms with Crippen LogP contribution in [0.1, 0.15) is 24.6 Å². The van der Waals surface area contributed by atoms with Gasteiger partial charge in [0.25, 0.3) is 0 Å². The van der Waals surface area contributed by atoms with Crippen molar-refractivity contribution in [3.8, 4) is 0 Å². The topological polar surface area (TPSA) is 76.2 Å². The fraction of sp³-hybridized carbons (Fsp3) is 0.462. The van der Waals surface area contributed by atoms with Gasteiger partial charge in [0, 0.05) is 31.4 Å². The molecule has 2 rings (SSSR count). The van der Waals surface area contributed by atoms with E-state index in [4.69, 9.17) is 4.52 Å². The van der Waals surface area contributed by atoms with Gasteiger partial charge in [0.15, 0.2) is 5.82 Å². The van der Waals surface area contributed by atoms with Crippen LogP contribution in [0.25, 0.3) is 0 Å². The normalized spacial score (nSPS) is 11.4. The van der Waals surface area contributed by atoms with E-state index in [1.807, 2.05) is 0 Å². The first-order chi connectivity index (χ1) is 10.5. The molecule has 120 valence electrons. The second-order valence-corrected chi connectivity index (χ2v) is 4.89. The van der Waals surface area contributed by atoms with Crippen molar-refractivity contribution < 1.29 is 18.1 Å². The van der Waals surface area contributed by atoms with E-state index in [0.717, 1.165) is 4.57 Å². The zero-order valence-electron chi connectivity index (χ0n) is 12.3. The van der Waals surface area contributed by atoms with Crippen molar-refractivity contribution in [3.05, 3.63) is 30.0 Å². The molecule has 9 heteroatoms. The van der Waals surface area contributed by atoms with Gasteiger partial charge in [-0.3, -0.25) is 14.3 Å². The number of nitrogens with zero attached hydrogens (tertiary/aromatic N) is 4. The zero-order chi connectivity index (χ0) is 16.1. The van der Waals surface area contributed by atoms with Crippen LogP contribution in [-0.4, -0.2) is 39.1 Å². The van der Waals surface area contributed by atoms with Gasteiger partial charge in [-0.2, -0.15) is 8.78 Å². The number of aryl methyl sites for hydroxylation is 1. The van der Waals surface area contributed by atoms with Gasteiger partial charge in [0.05, 0.1) is 6.54 Å². The molecule has 0 atom stereocenters. The van der Waals surface area contributed by atoms with Crippen LogP contribution in [0.15, 0.2) is 23.0 Å². The Morgan fingerprint density at radius 1 is 1.55 bits per heavy atom. The number of halogens is 2. The highest BCUT2D eigenvalue weighted by atomic mass is 19.3. The van der Waals surface area contributed by atoms with Gasteiger partial charge >= 0.3 is 6.55 Å². The molecule has 0 fully saturated rings. The molecule has 1 N–H and O–H groups in total. The molecule has 0 saturated carbocycles. The summed E-state index contributed by atoms with van der Waals surface area (Å²) >= 11 is 0. The minimum absolute atomic E-state index is 0.206. The molecule has 0 unspecified atom stereocenters. The van der Waals surface area contributed by atoms with E-state index in [1.54, 1.807) is 24.9 Å². The van der Waals surface area contributed by atoms with Crippen LogP contribution in [-0.2, 0) is 11.3 Å². The molecule has 0 spiro atoms. The molecule has 22 heavy (non-hydrogen) atoms. The van der Waals surface area contributed by atoms with E-state index < -0.39 is 6.55 Å². The summed E-state index contributed by atoms with van der Waals surface area (Å²) in [6.45, 7) is -0.266. The standard InChI is InChI=1S/C13H17F2N5O2/c1-9-7-10(18-22-9)17-12(21)3-5-19(2)8-11-16-4-6-20(11)13(14)15/h4,6-7,13H,3,5,8H2,1-2H3,(H,17,18,21). The lowest BCUT2D eigenvalue weighted by atomic mass is 10.3. The molecule has 0 aliphatic carbocycles. The summed E-state index contributed by atoms with van der Waals surface area (Å²) in [5, 5.41) is 6.25. The first kappa shape index (κ1) is 16.1. The Kier molecular flexibility index (Phi) is 5.21. The molecule has 0 radical (unpaired) electrons. The number of hydrogen-bond acceptors (Lipinski definition) is 5. The van der Waals surface area contributed by atoms with E-state index in [9.17, 15) is 13.6 Å². The van der Waals surface area contributed by atoms with E-state index in [2.05, 4.69) is 15.5 Å². The van der Waals surface area contributed by atoms with Gasteiger partial charge in [0.1, 0.15) is 11.6 Å². The Balaban J connectivity index is 1.78. The molecule has 1 amide bonds. The van der Waals surface area contributed by atoms with Gasteiger partial charge in [-0.15, -0.1) is 0 Å². The van der Waals surface area contributed by atoms with Crippen molar-refractivity contribution in [1.82, 2.24) is 19.6 Å². The van der Waals surface area contributed by atoms with Crippen molar-refractivity contribution in [1.29, 1.82) is 0 Å². The quantitative estimate of drug-likeness (QED) is 0.846. The average molecular weight is 313 g/mol. The predicted octanol–water partition coefficient (Wildman–Crippen LogP) is 2.04. The van der Waals surface area contributed by atoms with Crippen LogP contribution in [0.5, 0.6) is 0 Å². The lowest BCUT2D eigenvalue weighted by Crippen LogP contribution is -2.25. The first-order valence-corrected chi connectivity index (χ1v) is 6.67. The number of nitrogens with one attached hydrogen (secondary N) is 1. The molecule has 0 aromatic carbocycles. The monoisotopic (exact) mass is 313 g/mol. The van der Waals surface area contributed by atoms with Crippen molar-refractivity contribution >= 4 is 11.7 Å². The van der Waals surface area contributed by atoms with Crippen molar-refractivity contribution in [3.63, 3.8) is 0 Å². The van der Waals surface area contributed by atoms with Gasteiger partial charge < -0.3 is 9.84 Å². The summed E-state index contributed by atoms with van der Waals surface area (Å²) in [5.74, 6) is 0.993. The molecule has 0 bridgehead atoms. The Morgan fingerprint density at radius 2 is 2.32 bits per heavy atom. The summed E-state index contributed by atoms with van der Waals surface area (Å²) in [5.41, 5.74) is 0. The van der Waals surface area contributed by atoms with E-state index in [1.165, 1.54) is 12.4 Å². The molecule has 7 nitrogen and oxygen atoms in total. The Labute approximate surface area is 125 Å². The lowest BCUT2D eigenvalue weighted by Gasteiger charge is -2.16. The molecule has 0 aliphatic rings. The molecule has 0 aliphatic heterocycles. The smallest absolute Gasteiger partial charge is 0.319 e.